The predicted octanol–water partition coefficient (Wildman–Crippen LogP) is 16.6. The Balaban J connectivity index is 0.960. The first-order valence-corrected chi connectivity index (χ1v) is 21.7. The summed E-state index contributed by atoms with van der Waals surface area (Å²) in [5, 5.41) is 0. The molecule has 0 radical (unpaired) electrons. The zero-order valence-corrected chi connectivity index (χ0v) is 35.6. The Morgan fingerprint density at radius 3 is 1.40 bits per heavy atom. The van der Waals surface area contributed by atoms with Gasteiger partial charge in [0.25, 0.3) is 0 Å². The summed E-state index contributed by atoms with van der Waals surface area (Å²) in [5.74, 6) is 1.86. The minimum atomic E-state index is -0.181. The molecule has 0 bridgehead atoms. The molecule has 298 valence electrons. The molecule has 0 spiro atoms. The third-order valence-electron chi connectivity index (χ3n) is 13.4. The molecule has 1 aliphatic carbocycles. The molecule has 9 aromatic rings. The lowest BCUT2D eigenvalue weighted by atomic mass is 9.75. The Bertz CT molecular complexity index is 3120. The molecule has 62 heavy (non-hydrogen) atoms. The molecule has 0 unspecified atom stereocenters. The van der Waals surface area contributed by atoms with Crippen molar-refractivity contribution in [3.8, 4) is 67.1 Å². The second kappa shape index (κ2) is 14.6. The van der Waals surface area contributed by atoms with Crippen LogP contribution in [0.3, 0.4) is 0 Å². The van der Waals surface area contributed by atoms with Gasteiger partial charge in [-0.05, 0) is 116 Å². The highest BCUT2D eigenvalue weighted by Gasteiger charge is 2.36. The SMILES string of the molecule is CC1(C)c2ccccc2-c2ccc(-c3ccc(N(c4ccc(-c5cccc(-c6ccccc6)c5)cc4)c4ccc(-c5cccc6c5Oc5ccccc5C6(C)C)cc4)cc3)cc21. The number of benzene rings is 9. The lowest BCUT2D eigenvalue weighted by molar-refractivity contribution is 0.419. The first-order valence-electron chi connectivity index (χ1n) is 21.7. The van der Waals surface area contributed by atoms with E-state index in [9.17, 15) is 0 Å². The molecule has 9 aromatic carbocycles. The van der Waals surface area contributed by atoms with Gasteiger partial charge in [0.1, 0.15) is 11.5 Å². The molecule has 0 saturated heterocycles. The first kappa shape index (κ1) is 37.6. The Labute approximate surface area is 365 Å². The lowest BCUT2D eigenvalue weighted by Gasteiger charge is -2.35. The number of anilines is 3. The van der Waals surface area contributed by atoms with Crippen molar-refractivity contribution in [3.63, 3.8) is 0 Å². The molecule has 2 nitrogen and oxygen atoms in total. The molecular formula is C60H47NO. The van der Waals surface area contributed by atoms with E-state index >= 15 is 0 Å². The Morgan fingerprint density at radius 1 is 0.306 bits per heavy atom. The smallest absolute Gasteiger partial charge is 0.139 e. The number of ether oxygens (including phenoxy) is 1. The van der Waals surface area contributed by atoms with Crippen LogP contribution in [-0.4, -0.2) is 0 Å². The van der Waals surface area contributed by atoms with E-state index in [0.717, 1.165) is 39.7 Å². The van der Waals surface area contributed by atoms with E-state index in [-0.39, 0.29) is 10.8 Å². The highest BCUT2D eigenvalue weighted by Crippen LogP contribution is 2.52. The highest BCUT2D eigenvalue weighted by atomic mass is 16.5. The normalized spacial score (nSPS) is 13.9. The largest absolute Gasteiger partial charge is 0.456 e. The number of nitrogens with zero attached hydrogens (tertiary/aromatic N) is 1. The van der Waals surface area contributed by atoms with Gasteiger partial charge in [0.15, 0.2) is 0 Å². The van der Waals surface area contributed by atoms with Gasteiger partial charge in [0, 0.05) is 44.6 Å². The van der Waals surface area contributed by atoms with Gasteiger partial charge in [0.2, 0.25) is 0 Å². The van der Waals surface area contributed by atoms with E-state index in [0.29, 0.717) is 0 Å². The van der Waals surface area contributed by atoms with Gasteiger partial charge in [0.05, 0.1) is 0 Å². The van der Waals surface area contributed by atoms with Gasteiger partial charge in [-0.3, -0.25) is 0 Å². The van der Waals surface area contributed by atoms with Gasteiger partial charge < -0.3 is 9.64 Å². The average Bonchev–Trinajstić information content (AvgIpc) is 3.55. The van der Waals surface area contributed by atoms with Crippen LogP contribution in [0.4, 0.5) is 17.1 Å². The van der Waals surface area contributed by atoms with Crippen molar-refractivity contribution in [1.82, 2.24) is 0 Å². The molecule has 0 aromatic heterocycles. The van der Waals surface area contributed by atoms with Gasteiger partial charge in [-0.25, -0.2) is 0 Å². The van der Waals surface area contributed by atoms with Crippen molar-refractivity contribution < 1.29 is 4.74 Å². The Hall–Kier alpha value is -7.42. The van der Waals surface area contributed by atoms with Gasteiger partial charge in [-0.2, -0.15) is 0 Å². The zero-order valence-electron chi connectivity index (χ0n) is 35.6. The molecule has 1 heterocycles. The highest BCUT2D eigenvalue weighted by molar-refractivity contribution is 5.86. The summed E-state index contributed by atoms with van der Waals surface area (Å²) in [4.78, 5) is 2.36. The van der Waals surface area contributed by atoms with Crippen molar-refractivity contribution in [2.45, 2.75) is 38.5 Å². The summed E-state index contributed by atoms with van der Waals surface area (Å²) < 4.78 is 6.68. The van der Waals surface area contributed by atoms with Crippen LogP contribution in [0.2, 0.25) is 0 Å². The molecule has 2 aliphatic rings. The number of rotatable bonds is 7. The summed E-state index contributed by atoms with van der Waals surface area (Å²) in [6, 6.07) is 77.2. The van der Waals surface area contributed by atoms with Crippen molar-refractivity contribution in [1.29, 1.82) is 0 Å². The summed E-state index contributed by atoms with van der Waals surface area (Å²) in [5.41, 5.74) is 20.3. The molecule has 1 aliphatic heterocycles. The van der Waals surface area contributed by atoms with E-state index in [1.807, 2.05) is 0 Å². The summed E-state index contributed by atoms with van der Waals surface area (Å²) in [6.07, 6.45) is 0. The second-order valence-electron chi connectivity index (χ2n) is 17.8. The summed E-state index contributed by atoms with van der Waals surface area (Å²) in [7, 11) is 0. The third kappa shape index (κ3) is 6.25. The topological polar surface area (TPSA) is 12.5 Å². The van der Waals surface area contributed by atoms with Crippen LogP contribution in [-0.2, 0) is 10.8 Å². The van der Waals surface area contributed by atoms with Crippen LogP contribution in [0.15, 0.2) is 212 Å². The monoisotopic (exact) mass is 797 g/mol. The average molecular weight is 798 g/mol. The van der Waals surface area contributed by atoms with Crippen LogP contribution in [0.25, 0.3) is 55.6 Å². The number of hydrogen-bond acceptors (Lipinski definition) is 2. The second-order valence-corrected chi connectivity index (χ2v) is 17.8. The molecular weight excluding hydrogens is 751 g/mol. The molecule has 0 N–H and O–H groups in total. The molecule has 0 atom stereocenters. The van der Waals surface area contributed by atoms with Crippen LogP contribution >= 0.6 is 0 Å². The Kier molecular flexibility index (Phi) is 8.87. The minimum Gasteiger partial charge on any atom is -0.456 e. The summed E-state index contributed by atoms with van der Waals surface area (Å²) >= 11 is 0. The van der Waals surface area contributed by atoms with Gasteiger partial charge in [-0.15, -0.1) is 0 Å². The number of para-hydroxylation sites is 2. The fourth-order valence-electron chi connectivity index (χ4n) is 9.93. The third-order valence-corrected chi connectivity index (χ3v) is 13.4. The number of fused-ring (bicyclic) bond motifs is 5. The van der Waals surface area contributed by atoms with Crippen LogP contribution in [0, 0.1) is 0 Å². The maximum absolute atomic E-state index is 6.68. The van der Waals surface area contributed by atoms with E-state index in [2.05, 4.69) is 245 Å². The molecule has 0 fully saturated rings. The fourth-order valence-corrected chi connectivity index (χ4v) is 9.93. The molecule has 11 rings (SSSR count). The van der Waals surface area contributed by atoms with Gasteiger partial charge >= 0.3 is 0 Å². The van der Waals surface area contributed by atoms with E-state index in [1.54, 1.807) is 0 Å². The van der Waals surface area contributed by atoms with E-state index in [4.69, 9.17) is 4.74 Å². The van der Waals surface area contributed by atoms with Crippen LogP contribution in [0.1, 0.15) is 49.9 Å². The van der Waals surface area contributed by atoms with Crippen LogP contribution in [0.5, 0.6) is 11.5 Å². The quantitative estimate of drug-likeness (QED) is 0.159. The van der Waals surface area contributed by atoms with E-state index in [1.165, 1.54) is 66.8 Å². The minimum absolute atomic E-state index is 0.0499. The zero-order chi connectivity index (χ0) is 42.0. The first-order chi connectivity index (χ1) is 30.2. The predicted molar refractivity (Wildman–Crippen MR) is 259 cm³/mol. The lowest BCUT2D eigenvalue weighted by Crippen LogP contribution is -2.24. The van der Waals surface area contributed by atoms with Crippen LogP contribution < -0.4 is 9.64 Å². The van der Waals surface area contributed by atoms with Crippen molar-refractivity contribution in [3.05, 3.63) is 235 Å². The standard InChI is InChI=1S/C60H47NO/c1-59(2)53-20-9-8-18-51(53)52-37-30-46(39-56(52)59)42-26-33-48(34-27-42)61(47-31-24-41(25-32-47)45-17-12-16-44(38-45)40-14-6-5-7-15-40)49-35-28-43(29-36-49)50-19-13-22-55-58(50)62-57-23-11-10-21-54(57)60(55,3)4/h5-39H,1-4H3. The molecule has 2 heteroatoms. The molecule has 0 amide bonds. The van der Waals surface area contributed by atoms with Gasteiger partial charge in [-0.1, -0.05) is 185 Å². The molecule has 0 saturated carbocycles. The van der Waals surface area contributed by atoms with Crippen molar-refractivity contribution >= 4 is 17.1 Å². The number of hydrogen-bond donors (Lipinski definition) is 0. The Morgan fingerprint density at radius 2 is 0.742 bits per heavy atom. The van der Waals surface area contributed by atoms with Crippen molar-refractivity contribution in [2.75, 3.05) is 4.90 Å². The summed E-state index contributed by atoms with van der Waals surface area (Å²) in [6.45, 7) is 9.27. The fraction of sp³-hybridized carbons (Fsp3) is 0.100. The van der Waals surface area contributed by atoms with E-state index < -0.39 is 0 Å². The maximum atomic E-state index is 6.68. The maximum Gasteiger partial charge on any atom is 0.139 e. The van der Waals surface area contributed by atoms with Crippen molar-refractivity contribution in [2.24, 2.45) is 0 Å².